The molecule has 3 aromatic rings. The summed E-state index contributed by atoms with van der Waals surface area (Å²) in [7, 11) is 1.77. The molecular formula is C23H27N5O. The van der Waals surface area contributed by atoms with Crippen LogP contribution in [0, 0.1) is 0 Å². The molecular weight excluding hydrogens is 362 g/mol. The Balaban J connectivity index is 1.65. The van der Waals surface area contributed by atoms with Crippen LogP contribution in [0.1, 0.15) is 42.4 Å². The number of carbonyl (C=O) groups excluding carboxylic acids is 1. The SMILES string of the molecule is CN(CCc1ccncc1)C(=O)c1cnc(Nc2ccccc2C(C)(C)C)cn1. The van der Waals surface area contributed by atoms with Gasteiger partial charge in [-0.05, 0) is 41.2 Å². The number of hydrogen-bond donors (Lipinski definition) is 1. The topological polar surface area (TPSA) is 71.0 Å². The average Bonchev–Trinajstić information content (AvgIpc) is 2.72. The van der Waals surface area contributed by atoms with Gasteiger partial charge in [0.15, 0.2) is 0 Å². The Labute approximate surface area is 172 Å². The fourth-order valence-corrected chi connectivity index (χ4v) is 3.03. The summed E-state index contributed by atoms with van der Waals surface area (Å²) in [6, 6.07) is 12.0. The van der Waals surface area contributed by atoms with Gasteiger partial charge in [-0.2, -0.15) is 0 Å². The lowest BCUT2D eigenvalue weighted by Gasteiger charge is -2.23. The van der Waals surface area contributed by atoms with Crippen LogP contribution in [-0.4, -0.2) is 39.4 Å². The second-order valence-electron chi connectivity index (χ2n) is 8.04. The van der Waals surface area contributed by atoms with Gasteiger partial charge in [-0.25, -0.2) is 9.97 Å². The van der Waals surface area contributed by atoms with Gasteiger partial charge >= 0.3 is 0 Å². The molecule has 2 heterocycles. The zero-order valence-corrected chi connectivity index (χ0v) is 17.4. The van der Waals surface area contributed by atoms with Crippen LogP contribution in [0.4, 0.5) is 11.5 Å². The summed E-state index contributed by atoms with van der Waals surface area (Å²) in [5.74, 6) is 0.464. The van der Waals surface area contributed by atoms with Gasteiger partial charge < -0.3 is 10.2 Å². The molecule has 150 valence electrons. The van der Waals surface area contributed by atoms with Crippen molar-refractivity contribution in [2.24, 2.45) is 0 Å². The quantitative estimate of drug-likeness (QED) is 0.683. The maximum atomic E-state index is 12.6. The maximum absolute atomic E-state index is 12.6. The third kappa shape index (κ3) is 5.38. The van der Waals surface area contributed by atoms with Crippen LogP contribution in [0.25, 0.3) is 0 Å². The van der Waals surface area contributed by atoms with Crippen LogP contribution in [0.2, 0.25) is 0 Å². The normalized spacial score (nSPS) is 11.2. The first kappa shape index (κ1) is 20.5. The first-order chi connectivity index (χ1) is 13.8. The van der Waals surface area contributed by atoms with E-state index in [0.29, 0.717) is 18.1 Å². The number of nitrogens with one attached hydrogen (secondary N) is 1. The van der Waals surface area contributed by atoms with E-state index in [1.54, 1.807) is 30.5 Å². The molecule has 0 spiro atoms. The van der Waals surface area contributed by atoms with Crippen LogP contribution >= 0.6 is 0 Å². The third-order valence-corrected chi connectivity index (χ3v) is 4.70. The highest BCUT2D eigenvalue weighted by atomic mass is 16.2. The highest BCUT2D eigenvalue weighted by molar-refractivity contribution is 5.91. The number of para-hydroxylation sites is 1. The molecule has 0 bridgehead atoms. The Kier molecular flexibility index (Phi) is 6.22. The Morgan fingerprint density at radius 2 is 1.76 bits per heavy atom. The molecule has 0 aliphatic carbocycles. The number of likely N-dealkylation sites (N-methyl/N-ethyl adjacent to an activating group) is 1. The molecule has 0 saturated carbocycles. The van der Waals surface area contributed by atoms with E-state index < -0.39 is 0 Å². The Hall–Kier alpha value is -3.28. The zero-order chi connectivity index (χ0) is 20.9. The molecule has 6 nitrogen and oxygen atoms in total. The molecule has 0 saturated heterocycles. The molecule has 0 aliphatic rings. The van der Waals surface area contributed by atoms with Gasteiger partial charge in [0.1, 0.15) is 11.5 Å². The van der Waals surface area contributed by atoms with E-state index in [1.165, 1.54) is 11.8 Å². The smallest absolute Gasteiger partial charge is 0.273 e. The first-order valence-electron chi connectivity index (χ1n) is 9.67. The molecule has 29 heavy (non-hydrogen) atoms. The van der Waals surface area contributed by atoms with Crippen molar-refractivity contribution in [3.63, 3.8) is 0 Å². The minimum Gasteiger partial charge on any atom is -0.340 e. The second kappa shape index (κ2) is 8.82. The van der Waals surface area contributed by atoms with E-state index in [0.717, 1.165) is 17.7 Å². The number of benzene rings is 1. The molecule has 1 aromatic carbocycles. The number of aromatic nitrogens is 3. The van der Waals surface area contributed by atoms with E-state index in [4.69, 9.17) is 0 Å². The van der Waals surface area contributed by atoms with Gasteiger partial charge in [0.2, 0.25) is 0 Å². The number of rotatable bonds is 6. The van der Waals surface area contributed by atoms with Crippen molar-refractivity contribution < 1.29 is 4.79 Å². The second-order valence-corrected chi connectivity index (χ2v) is 8.04. The summed E-state index contributed by atoms with van der Waals surface area (Å²) < 4.78 is 0. The van der Waals surface area contributed by atoms with Crippen LogP contribution in [0.15, 0.2) is 61.2 Å². The molecule has 2 aromatic heterocycles. The van der Waals surface area contributed by atoms with Gasteiger partial charge in [0, 0.05) is 31.7 Å². The number of hydrogen-bond acceptors (Lipinski definition) is 5. The van der Waals surface area contributed by atoms with Gasteiger partial charge in [-0.15, -0.1) is 0 Å². The number of carbonyl (C=O) groups is 1. The van der Waals surface area contributed by atoms with E-state index in [9.17, 15) is 4.79 Å². The lowest BCUT2D eigenvalue weighted by molar-refractivity contribution is 0.0790. The van der Waals surface area contributed by atoms with Crippen molar-refractivity contribution in [2.45, 2.75) is 32.6 Å². The molecule has 1 N–H and O–H groups in total. The van der Waals surface area contributed by atoms with E-state index in [2.05, 4.69) is 47.1 Å². The number of amides is 1. The number of pyridine rings is 1. The van der Waals surface area contributed by atoms with E-state index in [1.807, 2.05) is 30.3 Å². The fourth-order valence-electron chi connectivity index (χ4n) is 3.03. The molecule has 6 heteroatoms. The monoisotopic (exact) mass is 389 g/mol. The highest BCUT2D eigenvalue weighted by Crippen LogP contribution is 2.30. The lowest BCUT2D eigenvalue weighted by Crippen LogP contribution is -2.29. The molecule has 1 amide bonds. The molecule has 0 fully saturated rings. The van der Waals surface area contributed by atoms with Crippen LogP contribution in [-0.2, 0) is 11.8 Å². The van der Waals surface area contributed by atoms with Crippen molar-refractivity contribution in [1.82, 2.24) is 19.9 Å². The first-order valence-corrected chi connectivity index (χ1v) is 9.67. The Morgan fingerprint density at radius 1 is 1.03 bits per heavy atom. The van der Waals surface area contributed by atoms with Crippen molar-refractivity contribution in [3.8, 4) is 0 Å². The van der Waals surface area contributed by atoms with Crippen molar-refractivity contribution >= 4 is 17.4 Å². The van der Waals surface area contributed by atoms with Gasteiger partial charge in [0.05, 0.1) is 12.4 Å². The lowest BCUT2D eigenvalue weighted by atomic mass is 9.86. The summed E-state index contributed by atoms with van der Waals surface area (Å²) >= 11 is 0. The summed E-state index contributed by atoms with van der Waals surface area (Å²) in [5.41, 5.74) is 3.66. The van der Waals surface area contributed by atoms with Crippen molar-refractivity contribution in [2.75, 3.05) is 18.9 Å². The minimum atomic E-state index is -0.145. The van der Waals surface area contributed by atoms with Crippen LogP contribution in [0.5, 0.6) is 0 Å². The van der Waals surface area contributed by atoms with E-state index in [-0.39, 0.29) is 11.3 Å². The number of anilines is 2. The molecule has 0 atom stereocenters. The van der Waals surface area contributed by atoms with Crippen LogP contribution in [0.3, 0.4) is 0 Å². The van der Waals surface area contributed by atoms with Gasteiger partial charge in [-0.3, -0.25) is 9.78 Å². The molecule has 0 radical (unpaired) electrons. The van der Waals surface area contributed by atoms with E-state index >= 15 is 0 Å². The predicted octanol–water partition coefficient (Wildman–Crippen LogP) is 4.23. The summed E-state index contributed by atoms with van der Waals surface area (Å²) in [6.07, 6.45) is 7.40. The highest BCUT2D eigenvalue weighted by Gasteiger charge is 2.18. The molecule has 0 unspecified atom stereocenters. The van der Waals surface area contributed by atoms with Crippen molar-refractivity contribution in [3.05, 3.63) is 78.0 Å². The largest absolute Gasteiger partial charge is 0.340 e. The Bertz CT molecular complexity index is 949. The molecule has 0 aliphatic heterocycles. The standard InChI is InChI=1S/C23H27N5O/c1-23(2,3)18-7-5-6-8-19(18)27-21-16-25-20(15-26-21)22(29)28(4)14-11-17-9-12-24-13-10-17/h5-10,12-13,15-16H,11,14H2,1-4H3,(H,26,27). The third-order valence-electron chi connectivity index (χ3n) is 4.70. The fraction of sp³-hybridized carbons (Fsp3) is 0.304. The number of nitrogens with zero attached hydrogens (tertiary/aromatic N) is 4. The molecule has 3 rings (SSSR count). The predicted molar refractivity (Wildman–Crippen MR) is 115 cm³/mol. The summed E-state index contributed by atoms with van der Waals surface area (Å²) in [5, 5.41) is 3.32. The van der Waals surface area contributed by atoms with Crippen LogP contribution < -0.4 is 5.32 Å². The van der Waals surface area contributed by atoms with Gasteiger partial charge in [-0.1, -0.05) is 39.0 Å². The minimum absolute atomic E-state index is 0.00442. The summed E-state index contributed by atoms with van der Waals surface area (Å²) in [6.45, 7) is 7.11. The van der Waals surface area contributed by atoms with Gasteiger partial charge in [0.25, 0.3) is 5.91 Å². The maximum Gasteiger partial charge on any atom is 0.273 e. The van der Waals surface area contributed by atoms with Crippen molar-refractivity contribution in [1.29, 1.82) is 0 Å². The average molecular weight is 390 g/mol. The zero-order valence-electron chi connectivity index (χ0n) is 17.4. The Morgan fingerprint density at radius 3 is 2.41 bits per heavy atom. The summed E-state index contributed by atoms with van der Waals surface area (Å²) in [4.78, 5) is 27.0.